The fraction of sp³-hybridized carbons (Fsp3) is 0.474. The van der Waals surface area contributed by atoms with Gasteiger partial charge in [-0.2, -0.15) is 0 Å². The first kappa shape index (κ1) is 18.2. The largest absolute Gasteiger partial charge is 0.496 e. The van der Waals surface area contributed by atoms with Gasteiger partial charge in [0.25, 0.3) is 0 Å². The van der Waals surface area contributed by atoms with Crippen molar-refractivity contribution in [3.8, 4) is 17.0 Å². The second-order valence-electron chi connectivity index (χ2n) is 7.28. The van der Waals surface area contributed by atoms with Crippen molar-refractivity contribution in [2.45, 2.75) is 19.8 Å². The Morgan fingerprint density at radius 2 is 2.11 bits per heavy atom. The number of hydrogen-bond acceptors (Lipinski definition) is 7. The van der Waals surface area contributed by atoms with Crippen molar-refractivity contribution in [3.05, 3.63) is 30.0 Å². The molecule has 0 atom stereocenters. The van der Waals surface area contributed by atoms with Crippen LogP contribution in [0.1, 0.15) is 18.4 Å². The molecular weight excluding hydrogens is 362 g/mol. The van der Waals surface area contributed by atoms with E-state index in [1.807, 2.05) is 29.8 Å². The van der Waals surface area contributed by atoms with Crippen molar-refractivity contribution in [1.82, 2.24) is 14.6 Å². The highest BCUT2D eigenvalue weighted by molar-refractivity contribution is 7.20. The lowest BCUT2D eigenvalue weighted by Crippen LogP contribution is -2.46. The Hall–Kier alpha value is -2.16. The van der Waals surface area contributed by atoms with Crippen molar-refractivity contribution in [2.24, 2.45) is 11.1 Å². The van der Waals surface area contributed by atoms with Crippen LogP contribution in [0.3, 0.4) is 0 Å². The number of methoxy groups -OCH3 is 1. The Labute approximate surface area is 162 Å². The lowest BCUT2D eigenvalue weighted by Gasteiger charge is -2.39. The molecule has 1 fully saturated rings. The maximum absolute atomic E-state index is 9.67. The first-order valence-corrected chi connectivity index (χ1v) is 9.96. The number of nitrogens with two attached hydrogens (primary N) is 1. The van der Waals surface area contributed by atoms with E-state index in [9.17, 15) is 5.11 Å². The van der Waals surface area contributed by atoms with Crippen LogP contribution in [0.25, 0.3) is 16.2 Å². The van der Waals surface area contributed by atoms with E-state index in [2.05, 4.69) is 16.0 Å². The lowest BCUT2D eigenvalue weighted by molar-refractivity contribution is 0.104. The Kier molecular flexibility index (Phi) is 4.79. The Balaban J connectivity index is 1.64. The van der Waals surface area contributed by atoms with E-state index >= 15 is 0 Å². The summed E-state index contributed by atoms with van der Waals surface area (Å²) in [6.45, 7) is 4.41. The molecule has 144 valence electrons. The van der Waals surface area contributed by atoms with E-state index in [0.29, 0.717) is 6.54 Å². The first-order valence-electron chi connectivity index (χ1n) is 9.14. The maximum atomic E-state index is 9.67. The van der Waals surface area contributed by atoms with E-state index in [1.54, 1.807) is 18.4 Å². The van der Waals surface area contributed by atoms with Crippen molar-refractivity contribution >= 4 is 21.4 Å². The summed E-state index contributed by atoms with van der Waals surface area (Å²) >= 11 is 1.58. The summed E-state index contributed by atoms with van der Waals surface area (Å²) in [5.74, 6) is 0.819. The summed E-state index contributed by atoms with van der Waals surface area (Å²) in [7, 11) is 1.68. The molecule has 1 aliphatic rings. The zero-order valence-corrected chi connectivity index (χ0v) is 16.5. The van der Waals surface area contributed by atoms with Crippen LogP contribution < -0.4 is 15.4 Å². The second kappa shape index (κ2) is 7.10. The number of nitrogens with zero attached hydrogens (tertiary/aromatic N) is 4. The van der Waals surface area contributed by atoms with Crippen LogP contribution >= 0.6 is 11.3 Å². The average Bonchev–Trinajstić information content (AvgIpc) is 3.29. The number of aliphatic hydroxyl groups excluding tert-OH is 1. The molecule has 27 heavy (non-hydrogen) atoms. The van der Waals surface area contributed by atoms with Gasteiger partial charge in [-0.05, 0) is 37.5 Å². The molecule has 7 nitrogen and oxygen atoms in total. The number of hydrogen-bond donors (Lipinski definition) is 2. The summed E-state index contributed by atoms with van der Waals surface area (Å²) < 4.78 is 7.45. The molecule has 3 heterocycles. The van der Waals surface area contributed by atoms with Gasteiger partial charge in [0.1, 0.15) is 5.75 Å². The number of benzene rings is 1. The van der Waals surface area contributed by atoms with Gasteiger partial charge in [0.15, 0.2) is 0 Å². The molecule has 0 radical (unpaired) electrons. The van der Waals surface area contributed by atoms with Gasteiger partial charge >= 0.3 is 0 Å². The molecule has 3 aromatic rings. The topological polar surface area (TPSA) is 88.9 Å². The first-order chi connectivity index (χ1) is 13.1. The number of imidazole rings is 1. The van der Waals surface area contributed by atoms with Crippen molar-refractivity contribution in [3.63, 3.8) is 0 Å². The van der Waals surface area contributed by atoms with Gasteiger partial charge < -0.3 is 20.5 Å². The minimum atomic E-state index is -0.145. The van der Waals surface area contributed by atoms with Crippen LogP contribution in [0.5, 0.6) is 5.75 Å². The van der Waals surface area contributed by atoms with Crippen molar-refractivity contribution in [2.75, 3.05) is 38.3 Å². The molecule has 0 aliphatic carbocycles. The van der Waals surface area contributed by atoms with E-state index in [4.69, 9.17) is 15.6 Å². The van der Waals surface area contributed by atoms with Gasteiger partial charge in [0.05, 0.1) is 25.6 Å². The summed E-state index contributed by atoms with van der Waals surface area (Å²) in [4.78, 5) is 7.67. The van der Waals surface area contributed by atoms with Gasteiger partial charge in [-0.1, -0.05) is 17.4 Å². The smallest absolute Gasteiger partial charge is 0.214 e. The molecule has 0 saturated carbocycles. The molecule has 0 bridgehead atoms. The van der Waals surface area contributed by atoms with E-state index in [1.165, 1.54) is 0 Å². The molecule has 8 heteroatoms. The number of anilines is 1. The fourth-order valence-electron chi connectivity index (χ4n) is 3.60. The van der Waals surface area contributed by atoms with Gasteiger partial charge in [-0.25, -0.2) is 9.50 Å². The van der Waals surface area contributed by atoms with Gasteiger partial charge in [0.2, 0.25) is 10.1 Å². The Bertz CT molecular complexity index is 937. The summed E-state index contributed by atoms with van der Waals surface area (Å²) in [5.41, 5.74) is 8.79. The molecule has 0 amide bonds. The Morgan fingerprint density at radius 3 is 2.78 bits per heavy atom. The fourth-order valence-corrected chi connectivity index (χ4v) is 4.53. The quantitative estimate of drug-likeness (QED) is 0.698. The van der Waals surface area contributed by atoms with Gasteiger partial charge in [-0.15, -0.1) is 5.10 Å². The molecule has 0 unspecified atom stereocenters. The molecule has 0 spiro atoms. The highest BCUT2D eigenvalue weighted by atomic mass is 32.1. The van der Waals surface area contributed by atoms with E-state index < -0.39 is 0 Å². The third kappa shape index (κ3) is 3.18. The van der Waals surface area contributed by atoms with Crippen LogP contribution in [0.15, 0.2) is 24.4 Å². The number of piperidine rings is 1. The predicted molar refractivity (Wildman–Crippen MR) is 108 cm³/mol. The van der Waals surface area contributed by atoms with Crippen LogP contribution in [0.4, 0.5) is 5.13 Å². The third-order valence-electron chi connectivity index (χ3n) is 5.57. The highest BCUT2D eigenvalue weighted by Gasteiger charge is 2.34. The normalized spacial score (nSPS) is 16.8. The standard InChI is InChI=1S/C19H25N5O2S/c1-13-3-4-14(16(9-13)26-2)15-10-21-17-24(15)22-18(27-17)23-7-5-19(11-20,12-25)6-8-23/h3-4,9-10,25H,5-8,11-12,20H2,1-2H3. The number of fused-ring (bicyclic) bond motifs is 1. The highest BCUT2D eigenvalue weighted by Crippen LogP contribution is 2.36. The van der Waals surface area contributed by atoms with E-state index in [-0.39, 0.29) is 12.0 Å². The zero-order valence-electron chi connectivity index (χ0n) is 15.7. The molecule has 3 N–H and O–H groups in total. The summed E-state index contributed by atoms with van der Waals surface area (Å²) in [5, 5.41) is 15.4. The minimum absolute atomic E-state index is 0.145. The van der Waals surface area contributed by atoms with Crippen LogP contribution in [-0.2, 0) is 0 Å². The van der Waals surface area contributed by atoms with Gasteiger partial charge in [0, 0.05) is 30.6 Å². The van der Waals surface area contributed by atoms with Gasteiger partial charge in [-0.3, -0.25) is 0 Å². The second-order valence-corrected chi connectivity index (χ2v) is 8.21. The lowest BCUT2D eigenvalue weighted by atomic mass is 9.79. The van der Waals surface area contributed by atoms with E-state index in [0.717, 1.165) is 58.6 Å². The molecule has 4 rings (SSSR count). The van der Waals surface area contributed by atoms with Crippen molar-refractivity contribution < 1.29 is 9.84 Å². The van der Waals surface area contributed by atoms with Crippen molar-refractivity contribution in [1.29, 1.82) is 0 Å². The SMILES string of the molecule is COc1cc(C)ccc1-c1cnc2sc(N3CCC(CN)(CO)CC3)nn12. The van der Waals surface area contributed by atoms with Crippen LogP contribution in [-0.4, -0.2) is 53.1 Å². The predicted octanol–water partition coefficient (Wildman–Crippen LogP) is 2.31. The number of aliphatic hydroxyl groups is 1. The number of aryl methyl sites for hydroxylation is 1. The number of ether oxygens (including phenoxy) is 1. The zero-order chi connectivity index (χ0) is 19.0. The Morgan fingerprint density at radius 1 is 1.33 bits per heavy atom. The molecule has 1 aromatic carbocycles. The molecule has 2 aromatic heterocycles. The third-order valence-corrected chi connectivity index (χ3v) is 6.55. The van der Waals surface area contributed by atoms with Crippen LogP contribution in [0, 0.1) is 12.3 Å². The van der Waals surface area contributed by atoms with Crippen LogP contribution in [0.2, 0.25) is 0 Å². The molecule has 1 aliphatic heterocycles. The summed E-state index contributed by atoms with van der Waals surface area (Å²) in [6, 6.07) is 6.14. The molecule has 1 saturated heterocycles. The summed E-state index contributed by atoms with van der Waals surface area (Å²) in [6.07, 6.45) is 3.60. The monoisotopic (exact) mass is 387 g/mol. The minimum Gasteiger partial charge on any atom is -0.496 e. The molecular formula is C19H25N5O2S. The average molecular weight is 388 g/mol. The number of rotatable bonds is 5. The maximum Gasteiger partial charge on any atom is 0.214 e. The number of aromatic nitrogens is 3.